The van der Waals surface area contributed by atoms with Crippen molar-refractivity contribution in [2.75, 3.05) is 32.8 Å². The lowest BCUT2D eigenvalue weighted by atomic mass is 10.3. The molecule has 0 atom stereocenters. The van der Waals surface area contributed by atoms with Gasteiger partial charge in [0.15, 0.2) is 0 Å². The van der Waals surface area contributed by atoms with Crippen molar-refractivity contribution >= 4 is 11.6 Å². The number of rotatable bonds is 8. The van der Waals surface area contributed by atoms with Crippen molar-refractivity contribution in [1.29, 1.82) is 0 Å². The van der Waals surface area contributed by atoms with Gasteiger partial charge < -0.3 is 9.84 Å². The number of benzene rings is 1. The minimum absolute atomic E-state index is 0.0884. The highest BCUT2D eigenvalue weighted by Gasteiger charge is 2.05. The Labute approximate surface area is 111 Å². The number of aliphatic hydroxyl groups excluding tert-OH is 1. The lowest BCUT2D eigenvalue weighted by Gasteiger charge is -2.19. The fourth-order valence-electron chi connectivity index (χ4n) is 1.50. The predicted molar refractivity (Wildman–Crippen MR) is 70.6 cm³/mol. The van der Waals surface area contributed by atoms with E-state index in [4.69, 9.17) is 21.4 Å². The normalized spacial score (nSPS) is 10.7. The Hall–Kier alpha value is -1.10. The van der Waals surface area contributed by atoms with Gasteiger partial charge in [0.1, 0.15) is 18.2 Å². The van der Waals surface area contributed by atoms with E-state index in [2.05, 4.69) is 6.58 Å². The van der Waals surface area contributed by atoms with Gasteiger partial charge in [0.25, 0.3) is 0 Å². The molecule has 0 amide bonds. The van der Waals surface area contributed by atoms with Crippen LogP contribution in [0.4, 0.5) is 4.39 Å². The highest BCUT2D eigenvalue weighted by Crippen LogP contribution is 2.24. The van der Waals surface area contributed by atoms with E-state index in [1.807, 2.05) is 4.90 Å². The molecular weight excluding hydrogens is 257 g/mol. The third-order valence-electron chi connectivity index (χ3n) is 2.36. The number of hydrogen-bond donors (Lipinski definition) is 1. The van der Waals surface area contributed by atoms with Crippen LogP contribution in [0.1, 0.15) is 0 Å². The van der Waals surface area contributed by atoms with Gasteiger partial charge in [-0.25, -0.2) is 4.39 Å². The van der Waals surface area contributed by atoms with Crippen LogP contribution in [-0.4, -0.2) is 42.9 Å². The average Bonchev–Trinajstić information content (AvgIpc) is 2.32. The fourth-order valence-corrected chi connectivity index (χ4v) is 1.72. The largest absolute Gasteiger partial charge is 0.491 e. The summed E-state index contributed by atoms with van der Waals surface area (Å²) in [6.07, 6.45) is 1.76. The van der Waals surface area contributed by atoms with Crippen molar-refractivity contribution in [3.8, 4) is 5.75 Å². The van der Waals surface area contributed by atoms with E-state index in [1.165, 1.54) is 18.2 Å². The third kappa shape index (κ3) is 5.04. The molecule has 18 heavy (non-hydrogen) atoms. The molecule has 0 unspecified atom stereocenters. The highest BCUT2D eigenvalue weighted by molar-refractivity contribution is 6.32. The van der Waals surface area contributed by atoms with Crippen molar-refractivity contribution in [2.45, 2.75) is 0 Å². The molecule has 0 saturated heterocycles. The molecule has 0 saturated carbocycles. The van der Waals surface area contributed by atoms with Crippen LogP contribution in [0.3, 0.4) is 0 Å². The molecule has 0 aliphatic heterocycles. The second-order valence-electron chi connectivity index (χ2n) is 3.74. The quantitative estimate of drug-likeness (QED) is 0.738. The summed E-state index contributed by atoms with van der Waals surface area (Å²) in [5.41, 5.74) is 0. The molecule has 3 nitrogen and oxygen atoms in total. The van der Waals surface area contributed by atoms with Gasteiger partial charge in [-0.15, -0.1) is 6.58 Å². The van der Waals surface area contributed by atoms with Crippen LogP contribution < -0.4 is 4.74 Å². The molecule has 1 rings (SSSR count). The van der Waals surface area contributed by atoms with E-state index >= 15 is 0 Å². The van der Waals surface area contributed by atoms with Gasteiger partial charge in [-0.2, -0.15) is 0 Å². The number of hydrogen-bond acceptors (Lipinski definition) is 3. The molecule has 100 valence electrons. The highest BCUT2D eigenvalue weighted by atomic mass is 35.5. The average molecular weight is 274 g/mol. The van der Waals surface area contributed by atoms with Crippen molar-refractivity contribution in [2.24, 2.45) is 0 Å². The van der Waals surface area contributed by atoms with Crippen molar-refractivity contribution in [3.63, 3.8) is 0 Å². The third-order valence-corrected chi connectivity index (χ3v) is 2.66. The summed E-state index contributed by atoms with van der Waals surface area (Å²) in [4.78, 5) is 1.99. The molecular formula is C13H17ClFNO2. The summed E-state index contributed by atoms with van der Waals surface area (Å²) in [5.74, 6) is 0.0709. The Bertz CT molecular complexity index is 387. The molecule has 0 bridgehead atoms. The molecule has 0 fully saturated rings. The maximum atomic E-state index is 12.8. The van der Waals surface area contributed by atoms with E-state index in [-0.39, 0.29) is 17.4 Å². The van der Waals surface area contributed by atoms with Crippen LogP contribution in [0.15, 0.2) is 30.9 Å². The van der Waals surface area contributed by atoms with Crippen molar-refractivity contribution < 1.29 is 14.2 Å². The summed E-state index contributed by atoms with van der Waals surface area (Å²) in [6.45, 7) is 6.03. The monoisotopic (exact) mass is 273 g/mol. The molecule has 5 heteroatoms. The van der Waals surface area contributed by atoms with E-state index in [0.717, 1.165) is 0 Å². The zero-order valence-corrected chi connectivity index (χ0v) is 10.9. The van der Waals surface area contributed by atoms with Crippen LogP contribution in [0.25, 0.3) is 0 Å². The number of ether oxygens (including phenoxy) is 1. The van der Waals surface area contributed by atoms with Crippen LogP contribution in [0.2, 0.25) is 5.02 Å². The van der Waals surface area contributed by atoms with Gasteiger partial charge in [-0.3, -0.25) is 4.90 Å². The molecule has 0 aromatic heterocycles. The first-order valence-electron chi connectivity index (χ1n) is 5.69. The van der Waals surface area contributed by atoms with Crippen molar-refractivity contribution in [3.05, 3.63) is 41.7 Å². The van der Waals surface area contributed by atoms with Crippen LogP contribution >= 0.6 is 11.6 Å². The maximum Gasteiger partial charge on any atom is 0.138 e. The minimum Gasteiger partial charge on any atom is -0.491 e. The summed E-state index contributed by atoms with van der Waals surface area (Å²) >= 11 is 5.83. The number of halogens is 2. The lowest BCUT2D eigenvalue weighted by Crippen LogP contribution is -2.31. The molecule has 0 radical (unpaired) electrons. The second-order valence-corrected chi connectivity index (χ2v) is 4.14. The summed E-state index contributed by atoms with van der Waals surface area (Å²) < 4.78 is 18.3. The van der Waals surface area contributed by atoms with Gasteiger partial charge in [-0.1, -0.05) is 17.7 Å². The molecule has 0 spiro atoms. The first kappa shape index (κ1) is 15.0. The number of aliphatic hydroxyl groups is 1. The van der Waals surface area contributed by atoms with Gasteiger partial charge in [0, 0.05) is 19.6 Å². The van der Waals surface area contributed by atoms with Crippen LogP contribution in [-0.2, 0) is 0 Å². The molecule has 0 heterocycles. The Morgan fingerprint density at radius 1 is 1.44 bits per heavy atom. The summed E-state index contributed by atoms with van der Waals surface area (Å²) in [5, 5.41) is 9.13. The lowest BCUT2D eigenvalue weighted by molar-refractivity contribution is 0.180. The second kappa shape index (κ2) is 8.08. The summed E-state index contributed by atoms with van der Waals surface area (Å²) in [7, 11) is 0. The van der Waals surface area contributed by atoms with Gasteiger partial charge in [0.2, 0.25) is 0 Å². The van der Waals surface area contributed by atoms with Crippen LogP contribution in [0.5, 0.6) is 5.75 Å². The van der Waals surface area contributed by atoms with Crippen LogP contribution in [0, 0.1) is 5.82 Å². The molecule has 1 aromatic carbocycles. The molecule has 0 aliphatic carbocycles. The zero-order chi connectivity index (χ0) is 13.4. The topological polar surface area (TPSA) is 32.7 Å². The molecule has 1 aromatic rings. The molecule has 1 N–H and O–H groups in total. The van der Waals surface area contributed by atoms with Gasteiger partial charge in [-0.05, 0) is 18.2 Å². The summed E-state index contributed by atoms with van der Waals surface area (Å²) in [6, 6.07) is 4.02. The minimum atomic E-state index is -0.388. The van der Waals surface area contributed by atoms with E-state index in [0.29, 0.717) is 32.0 Å². The maximum absolute atomic E-state index is 12.8. The number of nitrogens with zero attached hydrogens (tertiary/aromatic N) is 1. The van der Waals surface area contributed by atoms with Crippen molar-refractivity contribution in [1.82, 2.24) is 4.90 Å². The first-order chi connectivity index (χ1) is 8.67. The standard InChI is InChI=1S/C13H17ClFNO2/c1-2-5-16(6-8-17)7-9-18-13-4-3-11(15)10-12(13)14/h2-4,10,17H,1,5-9H2. The first-order valence-corrected chi connectivity index (χ1v) is 6.07. The zero-order valence-electron chi connectivity index (χ0n) is 10.1. The van der Waals surface area contributed by atoms with Gasteiger partial charge >= 0.3 is 0 Å². The Balaban J connectivity index is 2.41. The SMILES string of the molecule is C=CCN(CCO)CCOc1ccc(F)cc1Cl. The van der Waals surface area contributed by atoms with E-state index < -0.39 is 0 Å². The molecule has 0 aliphatic rings. The van der Waals surface area contributed by atoms with E-state index in [1.54, 1.807) is 6.08 Å². The Kier molecular flexibility index (Phi) is 6.72. The van der Waals surface area contributed by atoms with Gasteiger partial charge in [0.05, 0.1) is 11.6 Å². The Morgan fingerprint density at radius 3 is 2.83 bits per heavy atom. The fraction of sp³-hybridized carbons (Fsp3) is 0.385. The Morgan fingerprint density at radius 2 is 2.22 bits per heavy atom. The smallest absolute Gasteiger partial charge is 0.138 e. The predicted octanol–water partition coefficient (Wildman–Crippen LogP) is 2.34. The van der Waals surface area contributed by atoms with E-state index in [9.17, 15) is 4.39 Å².